The zero-order valence-electron chi connectivity index (χ0n) is 19.9. The summed E-state index contributed by atoms with van der Waals surface area (Å²) in [6.07, 6.45) is 0. The van der Waals surface area contributed by atoms with Crippen molar-refractivity contribution in [2.45, 2.75) is 19.5 Å². The SMILES string of the molecule is Cc1ccc(N(C(=O)c2snc(C(N)=O)c2N)[C@H](C(=O)NCc2ccccc2)c2ccc(F)cc2)cc1. The standard InChI is InChI=1S/C27H24FN5O3S/c1-16-7-13-20(14-8-16)33(27(36)24-21(29)22(25(30)34)32-37-24)23(18-9-11-19(28)12-10-18)26(35)31-15-17-5-3-2-4-6-17/h2-14,23H,15,29H2,1H3,(H2,30,34)(H,31,35)/t23-/m0/s1. The Morgan fingerprint density at radius 2 is 1.65 bits per heavy atom. The van der Waals surface area contributed by atoms with E-state index in [-0.39, 0.29) is 22.8 Å². The molecule has 0 aliphatic heterocycles. The van der Waals surface area contributed by atoms with Crippen LogP contribution in [0.4, 0.5) is 15.8 Å². The number of aromatic nitrogens is 1. The highest BCUT2D eigenvalue weighted by Crippen LogP contribution is 2.33. The number of benzene rings is 3. The summed E-state index contributed by atoms with van der Waals surface area (Å²) in [4.78, 5) is 40.6. The molecule has 10 heteroatoms. The molecule has 4 aromatic rings. The fourth-order valence-corrected chi connectivity index (χ4v) is 4.51. The van der Waals surface area contributed by atoms with Gasteiger partial charge in [0.2, 0.25) is 5.91 Å². The summed E-state index contributed by atoms with van der Waals surface area (Å²) in [5.41, 5.74) is 13.6. The van der Waals surface area contributed by atoms with Crippen molar-refractivity contribution in [3.63, 3.8) is 0 Å². The Morgan fingerprint density at radius 1 is 1.00 bits per heavy atom. The number of nitrogen functional groups attached to an aromatic ring is 1. The minimum Gasteiger partial charge on any atom is -0.395 e. The average molecular weight is 518 g/mol. The fourth-order valence-electron chi connectivity index (χ4n) is 3.77. The lowest BCUT2D eigenvalue weighted by Gasteiger charge is -2.31. The predicted molar refractivity (Wildman–Crippen MR) is 140 cm³/mol. The number of hydrogen-bond acceptors (Lipinski definition) is 6. The molecule has 0 saturated carbocycles. The third kappa shape index (κ3) is 5.65. The first-order valence-corrected chi connectivity index (χ1v) is 12.1. The predicted octanol–water partition coefficient (Wildman–Crippen LogP) is 3.98. The quantitative estimate of drug-likeness (QED) is 0.325. The van der Waals surface area contributed by atoms with E-state index in [1.807, 2.05) is 37.3 Å². The molecule has 3 amide bonds. The second-order valence-corrected chi connectivity index (χ2v) is 9.08. The molecule has 3 aromatic carbocycles. The van der Waals surface area contributed by atoms with E-state index < -0.39 is 29.6 Å². The first-order chi connectivity index (χ1) is 17.8. The number of anilines is 2. The van der Waals surface area contributed by atoms with Crippen LogP contribution in [-0.4, -0.2) is 22.1 Å². The van der Waals surface area contributed by atoms with Gasteiger partial charge in [-0.15, -0.1) is 0 Å². The molecular weight excluding hydrogens is 493 g/mol. The number of nitrogens with two attached hydrogens (primary N) is 2. The highest BCUT2D eigenvalue weighted by atomic mass is 32.1. The third-order valence-electron chi connectivity index (χ3n) is 5.69. The van der Waals surface area contributed by atoms with Crippen molar-refractivity contribution in [3.05, 3.63) is 112 Å². The molecule has 0 bridgehead atoms. The van der Waals surface area contributed by atoms with Gasteiger partial charge in [-0.05, 0) is 53.8 Å². The molecule has 4 rings (SSSR count). The molecule has 5 N–H and O–H groups in total. The van der Waals surface area contributed by atoms with Crippen LogP contribution < -0.4 is 21.7 Å². The van der Waals surface area contributed by atoms with Crippen molar-refractivity contribution in [1.82, 2.24) is 9.69 Å². The molecule has 188 valence electrons. The molecule has 1 aromatic heterocycles. The number of primary amides is 1. The number of amides is 3. The molecule has 0 spiro atoms. The van der Waals surface area contributed by atoms with Gasteiger partial charge in [0, 0.05) is 12.2 Å². The number of rotatable bonds is 8. The van der Waals surface area contributed by atoms with Crippen LogP contribution in [0.15, 0.2) is 78.9 Å². The van der Waals surface area contributed by atoms with Crippen LogP contribution >= 0.6 is 11.5 Å². The molecule has 1 heterocycles. The number of hydrogen-bond donors (Lipinski definition) is 3. The van der Waals surface area contributed by atoms with Crippen LogP contribution in [0, 0.1) is 12.7 Å². The average Bonchev–Trinajstić information content (AvgIpc) is 3.29. The van der Waals surface area contributed by atoms with E-state index in [9.17, 15) is 18.8 Å². The summed E-state index contributed by atoms with van der Waals surface area (Å²) in [5, 5.41) is 2.87. The van der Waals surface area contributed by atoms with E-state index in [1.165, 1.54) is 29.2 Å². The van der Waals surface area contributed by atoms with E-state index in [1.54, 1.807) is 24.3 Å². The summed E-state index contributed by atoms with van der Waals surface area (Å²) >= 11 is 0.717. The van der Waals surface area contributed by atoms with Crippen LogP contribution in [0.25, 0.3) is 0 Å². The molecule has 0 fully saturated rings. The molecule has 0 aliphatic carbocycles. The first-order valence-electron chi connectivity index (χ1n) is 11.3. The van der Waals surface area contributed by atoms with Gasteiger partial charge >= 0.3 is 0 Å². The summed E-state index contributed by atoms with van der Waals surface area (Å²) in [7, 11) is 0. The van der Waals surface area contributed by atoms with Gasteiger partial charge in [0.15, 0.2) is 5.69 Å². The van der Waals surface area contributed by atoms with E-state index in [2.05, 4.69) is 9.69 Å². The van der Waals surface area contributed by atoms with Crippen LogP contribution in [0.2, 0.25) is 0 Å². The fraction of sp³-hybridized carbons (Fsp3) is 0.111. The van der Waals surface area contributed by atoms with Gasteiger partial charge in [0.05, 0.1) is 5.69 Å². The molecule has 0 unspecified atom stereocenters. The normalized spacial score (nSPS) is 11.5. The minimum absolute atomic E-state index is 0.0441. The largest absolute Gasteiger partial charge is 0.395 e. The monoisotopic (exact) mass is 517 g/mol. The Kier molecular flexibility index (Phi) is 7.59. The number of halogens is 1. The van der Waals surface area contributed by atoms with Gasteiger partial charge in [-0.2, -0.15) is 4.37 Å². The van der Waals surface area contributed by atoms with Gasteiger partial charge in [-0.25, -0.2) is 4.39 Å². The lowest BCUT2D eigenvalue weighted by Crippen LogP contribution is -2.44. The number of nitrogens with zero attached hydrogens (tertiary/aromatic N) is 2. The van der Waals surface area contributed by atoms with E-state index in [0.29, 0.717) is 22.8 Å². The molecule has 0 saturated heterocycles. The van der Waals surface area contributed by atoms with Crippen molar-refractivity contribution in [3.8, 4) is 0 Å². The van der Waals surface area contributed by atoms with Gasteiger partial charge in [-0.1, -0.05) is 60.2 Å². The smallest absolute Gasteiger partial charge is 0.273 e. The van der Waals surface area contributed by atoms with Crippen LogP contribution in [0.3, 0.4) is 0 Å². The molecular formula is C27H24FN5O3S. The Balaban J connectivity index is 1.82. The minimum atomic E-state index is -1.20. The highest BCUT2D eigenvalue weighted by molar-refractivity contribution is 7.09. The topological polar surface area (TPSA) is 131 Å². The van der Waals surface area contributed by atoms with Crippen molar-refractivity contribution in [2.75, 3.05) is 10.6 Å². The van der Waals surface area contributed by atoms with Gasteiger partial charge < -0.3 is 16.8 Å². The lowest BCUT2D eigenvalue weighted by atomic mass is 10.0. The third-order valence-corrected chi connectivity index (χ3v) is 6.54. The number of carbonyl (C=O) groups excluding carboxylic acids is 3. The molecule has 8 nitrogen and oxygen atoms in total. The summed E-state index contributed by atoms with van der Waals surface area (Å²) in [5.74, 6) is -2.51. The molecule has 1 atom stereocenters. The second-order valence-electron chi connectivity index (χ2n) is 8.31. The highest BCUT2D eigenvalue weighted by Gasteiger charge is 2.36. The Morgan fingerprint density at radius 3 is 2.24 bits per heavy atom. The molecule has 0 radical (unpaired) electrons. The van der Waals surface area contributed by atoms with E-state index >= 15 is 0 Å². The number of aryl methyl sites for hydroxylation is 1. The van der Waals surface area contributed by atoms with Gasteiger partial charge in [0.25, 0.3) is 11.8 Å². The van der Waals surface area contributed by atoms with E-state index in [0.717, 1.165) is 11.1 Å². The van der Waals surface area contributed by atoms with Crippen LogP contribution in [0.1, 0.15) is 42.9 Å². The maximum Gasteiger partial charge on any atom is 0.273 e. The summed E-state index contributed by atoms with van der Waals surface area (Å²) < 4.78 is 17.7. The molecule has 0 aliphatic rings. The van der Waals surface area contributed by atoms with Crippen molar-refractivity contribution in [2.24, 2.45) is 5.73 Å². The first kappa shape index (κ1) is 25.5. The van der Waals surface area contributed by atoms with Gasteiger partial charge in [-0.3, -0.25) is 19.3 Å². The Bertz CT molecular complexity index is 1420. The van der Waals surface area contributed by atoms with Crippen LogP contribution in [-0.2, 0) is 11.3 Å². The zero-order chi connectivity index (χ0) is 26.5. The number of nitrogens with one attached hydrogen (secondary N) is 1. The van der Waals surface area contributed by atoms with Crippen molar-refractivity contribution < 1.29 is 18.8 Å². The summed E-state index contributed by atoms with van der Waals surface area (Å²) in [6, 6.07) is 20.4. The summed E-state index contributed by atoms with van der Waals surface area (Å²) in [6.45, 7) is 2.10. The van der Waals surface area contributed by atoms with Crippen molar-refractivity contribution >= 4 is 40.6 Å². The van der Waals surface area contributed by atoms with Crippen molar-refractivity contribution in [1.29, 1.82) is 0 Å². The maximum absolute atomic E-state index is 14.0. The lowest BCUT2D eigenvalue weighted by molar-refractivity contribution is -0.122. The van der Waals surface area contributed by atoms with Gasteiger partial charge in [0.1, 0.15) is 16.7 Å². The number of carbonyl (C=O) groups is 3. The zero-order valence-corrected chi connectivity index (χ0v) is 20.7. The Labute approximate surface area is 216 Å². The second kappa shape index (κ2) is 11.0. The van der Waals surface area contributed by atoms with E-state index in [4.69, 9.17) is 11.5 Å². The molecule has 37 heavy (non-hydrogen) atoms. The van der Waals surface area contributed by atoms with Crippen LogP contribution in [0.5, 0.6) is 0 Å². The maximum atomic E-state index is 14.0. The Hall–Kier alpha value is -4.57.